The second-order valence-electron chi connectivity index (χ2n) is 5.21. The number of nitrogens with zero attached hydrogens (tertiary/aromatic N) is 2. The first-order valence-electron chi connectivity index (χ1n) is 6.75. The maximum atomic E-state index is 12.1. The van der Waals surface area contributed by atoms with Crippen LogP contribution in [0.3, 0.4) is 0 Å². The van der Waals surface area contributed by atoms with E-state index in [-0.39, 0.29) is 17.4 Å². The standard InChI is InChI=1S/C14H14ClN3O3S/c15-12-3-1-2-4-13(12)18-8-11(7-16-18)17-14(19)10-5-6-22(20,21)9-10/h1-4,7-8,10H,5-6,9H2,(H,17,19)/t10-/m1/s1. The zero-order chi connectivity index (χ0) is 15.7. The molecule has 0 saturated carbocycles. The number of hydrogen-bond acceptors (Lipinski definition) is 4. The van der Waals surface area contributed by atoms with Crippen LogP contribution in [0.15, 0.2) is 36.7 Å². The molecule has 1 aromatic heterocycles. The van der Waals surface area contributed by atoms with Crippen molar-refractivity contribution in [2.75, 3.05) is 16.8 Å². The highest BCUT2D eigenvalue weighted by Gasteiger charge is 2.33. The minimum Gasteiger partial charge on any atom is -0.323 e. The van der Waals surface area contributed by atoms with Crippen molar-refractivity contribution in [3.63, 3.8) is 0 Å². The molecule has 22 heavy (non-hydrogen) atoms. The molecule has 1 fully saturated rings. The summed E-state index contributed by atoms with van der Waals surface area (Å²) in [7, 11) is -3.08. The van der Waals surface area contributed by atoms with E-state index in [0.29, 0.717) is 22.8 Å². The highest BCUT2D eigenvalue weighted by molar-refractivity contribution is 7.91. The summed E-state index contributed by atoms with van der Waals surface area (Å²) in [5.74, 6) is -0.796. The molecule has 0 aliphatic carbocycles. The molecule has 2 heterocycles. The SMILES string of the molecule is O=C(Nc1cnn(-c2ccccc2Cl)c1)[C@@H]1CCS(=O)(=O)C1. The van der Waals surface area contributed by atoms with Gasteiger partial charge in [-0.25, -0.2) is 13.1 Å². The van der Waals surface area contributed by atoms with Crippen molar-refractivity contribution in [2.24, 2.45) is 5.92 Å². The van der Waals surface area contributed by atoms with Crippen LogP contribution in [0, 0.1) is 5.92 Å². The number of aromatic nitrogens is 2. The molecular weight excluding hydrogens is 326 g/mol. The van der Waals surface area contributed by atoms with Crippen LogP contribution in [0.25, 0.3) is 5.69 Å². The summed E-state index contributed by atoms with van der Waals surface area (Å²) in [6.45, 7) is 0. The van der Waals surface area contributed by atoms with Gasteiger partial charge < -0.3 is 5.32 Å². The number of benzene rings is 1. The van der Waals surface area contributed by atoms with Crippen LogP contribution < -0.4 is 5.32 Å². The van der Waals surface area contributed by atoms with E-state index >= 15 is 0 Å². The molecule has 1 aliphatic heterocycles. The zero-order valence-corrected chi connectivity index (χ0v) is 13.1. The van der Waals surface area contributed by atoms with Gasteiger partial charge in [-0.05, 0) is 18.6 Å². The Balaban J connectivity index is 1.73. The van der Waals surface area contributed by atoms with Gasteiger partial charge >= 0.3 is 0 Å². The second-order valence-corrected chi connectivity index (χ2v) is 7.85. The molecule has 3 rings (SSSR count). The molecular formula is C14H14ClN3O3S. The predicted octanol–water partition coefficient (Wildman–Crippen LogP) is 1.90. The zero-order valence-electron chi connectivity index (χ0n) is 11.6. The van der Waals surface area contributed by atoms with E-state index in [9.17, 15) is 13.2 Å². The summed E-state index contributed by atoms with van der Waals surface area (Å²) < 4.78 is 24.4. The molecule has 0 unspecified atom stereocenters. The van der Waals surface area contributed by atoms with Gasteiger partial charge in [-0.15, -0.1) is 0 Å². The Kier molecular flexibility index (Phi) is 3.92. The number of anilines is 1. The van der Waals surface area contributed by atoms with Gasteiger partial charge in [-0.2, -0.15) is 5.10 Å². The fourth-order valence-electron chi connectivity index (χ4n) is 2.40. The first kappa shape index (κ1) is 15.1. The van der Waals surface area contributed by atoms with Crippen LogP contribution in [0.5, 0.6) is 0 Å². The maximum absolute atomic E-state index is 12.1. The first-order valence-corrected chi connectivity index (χ1v) is 8.95. The Labute approximate surface area is 133 Å². The number of nitrogens with one attached hydrogen (secondary N) is 1. The number of carbonyl (C=O) groups is 1. The minimum atomic E-state index is -3.08. The van der Waals surface area contributed by atoms with Crippen molar-refractivity contribution in [1.29, 1.82) is 0 Å². The van der Waals surface area contributed by atoms with Crippen LogP contribution in [0.2, 0.25) is 5.02 Å². The molecule has 6 nitrogen and oxygen atoms in total. The van der Waals surface area contributed by atoms with Gasteiger partial charge in [0.1, 0.15) is 0 Å². The monoisotopic (exact) mass is 339 g/mol. The topological polar surface area (TPSA) is 81.1 Å². The lowest BCUT2D eigenvalue weighted by atomic mass is 10.1. The van der Waals surface area contributed by atoms with Crippen LogP contribution in [0.4, 0.5) is 5.69 Å². The third-order valence-electron chi connectivity index (χ3n) is 3.55. The summed E-state index contributed by atoms with van der Waals surface area (Å²) >= 11 is 6.09. The Morgan fingerprint density at radius 2 is 2.14 bits per heavy atom. The van der Waals surface area contributed by atoms with Gasteiger partial charge in [0, 0.05) is 0 Å². The van der Waals surface area contributed by atoms with E-state index < -0.39 is 15.8 Å². The van der Waals surface area contributed by atoms with Gasteiger partial charge in [0.2, 0.25) is 5.91 Å². The number of para-hydroxylation sites is 1. The molecule has 1 aliphatic rings. The van der Waals surface area contributed by atoms with E-state index in [2.05, 4.69) is 10.4 Å². The summed E-state index contributed by atoms with van der Waals surface area (Å²) in [6, 6.07) is 7.22. The Morgan fingerprint density at radius 1 is 1.36 bits per heavy atom. The van der Waals surface area contributed by atoms with Crippen molar-refractivity contribution in [3.8, 4) is 5.69 Å². The van der Waals surface area contributed by atoms with E-state index in [1.165, 1.54) is 6.20 Å². The Hall–Kier alpha value is -1.86. The lowest BCUT2D eigenvalue weighted by Crippen LogP contribution is -2.23. The number of rotatable bonds is 3. The van der Waals surface area contributed by atoms with Crippen molar-refractivity contribution in [1.82, 2.24) is 9.78 Å². The number of amides is 1. The normalized spacial score (nSPS) is 20.0. The number of carbonyl (C=O) groups excluding carboxylic acids is 1. The summed E-state index contributed by atoms with van der Waals surface area (Å²) in [4.78, 5) is 12.1. The first-order chi connectivity index (χ1) is 10.4. The van der Waals surface area contributed by atoms with Crippen molar-refractivity contribution < 1.29 is 13.2 Å². The van der Waals surface area contributed by atoms with Crippen LogP contribution in [0.1, 0.15) is 6.42 Å². The minimum absolute atomic E-state index is 0.0734. The molecule has 1 aromatic carbocycles. The molecule has 2 aromatic rings. The fraction of sp³-hybridized carbons (Fsp3) is 0.286. The molecule has 116 valence electrons. The van der Waals surface area contributed by atoms with Gasteiger partial charge in [-0.3, -0.25) is 4.79 Å². The molecule has 1 saturated heterocycles. The van der Waals surface area contributed by atoms with E-state index in [4.69, 9.17) is 11.6 Å². The summed E-state index contributed by atoms with van der Waals surface area (Å²) in [6.07, 6.45) is 3.51. The molecule has 1 N–H and O–H groups in total. The largest absolute Gasteiger partial charge is 0.323 e. The smallest absolute Gasteiger partial charge is 0.228 e. The second kappa shape index (κ2) is 5.73. The van der Waals surface area contributed by atoms with Crippen LogP contribution in [-0.2, 0) is 14.6 Å². The van der Waals surface area contributed by atoms with Gasteiger partial charge in [0.25, 0.3) is 0 Å². The van der Waals surface area contributed by atoms with Gasteiger partial charge in [0.05, 0.1) is 46.2 Å². The van der Waals surface area contributed by atoms with E-state index in [1.807, 2.05) is 18.2 Å². The highest BCUT2D eigenvalue weighted by atomic mass is 35.5. The molecule has 0 radical (unpaired) electrons. The average molecular weight is 340 g/mol. The maximum Gasteiger partial charge on any atom is 0.228 e. The Morgan fingerprint density at radius 3 is 2.82 bits per heavy atom. The van der Waals surface area contributed by atoms with Gasteiger partial charge in [0.15, 0.2) is 9.84 Å². The average Bonchev–Trinajstić information content (AvgIpc) is 3.06. The fourth-order valence-corrected chi connectivity index (χ4v) is 4.37. The summed E-state index contributed by atoms with van der Waals surface area (Å²) in [5, 5.41) is 7.40. The van der Waals surface area contributed by atoms with Crippen LogP contribution in [-0.4, -0.2) is 35.6 Å². The molecule has 0 bridgehead atoms. The number of hydrogen-bond donors (Lipinski definition) is 1. The number of halogens is 1. The molecule has 8 heteroatoms. The highest BCUT2D eigenvalue weighted by Crippen LogP contribution is 2.22. The Bertz CT molecular complexity index is 816. The van der Waals surface area contributed by atoms with Gasteiger partial charge in [-0.1, -0.05) is 23.7 Å². The van der Waals surface area contributed by atoms with Crippen molar-refractivity contribution in [3.05, 3.63) is 41.7 Å². The van der Waals surface area contributed by atoms with Crippen molar-refractivity contribution in [2.45, 2.75) is 6.42 Å². The van der Waals surface area contributed by atoms with E-state index in [0.717, 1.165) is 0 Å². The third kappa shape index (κ3) is 3.15. The molecule has 0 spiro atoms. The number of sulfone groups is 1. The van der Waals surface area contributed by atoms with Crippen LogP contribution >= 0.6 is 11.6 Å². The molecule has 1 amide bonds. The van der Waals surface area contributed by atoms with Crippen molar-refractivity contribution >= 4 is 33.0 Å². The predicted molar refractivity (Wildman–Crippen MR) is 84.0 cm³/mol. The quantitative estimate of drug-likeness (QED) is 0.926. The lowest BCUT2D eigenvalue weighted by Gasteiger charge is -2.07. The lowest BCUT2D eigenvalue weighted by molar-refractivity contribution is -0.119. The molecule has 1 atom stereocenters. The van der Waals surface area contributed by atoms with E-state index in [1.54, 1.807) is 16.9 Å². The third-order valence-corrected chi connectivity index (χ3v) is 5.64. The summed E-state index contributed by atoms with van der Waals surface area (Å²) in [5.41, 5.74) is 1.21.